The van der Waals surface area contributed by atoms with Gasteiger partial charge in [-0.2, -0.15) is 0 Å². The van der Waals surface area contributed by atoms with Crippen molar-refractivity contribution in [2.45, 2.75) is 47.0 Å². The van der Waals surface area contributed by atoms with Crippen molar-refractivity contribution < 1.29 is 27.3 Å². The quantitative estimate of drug-likeness (QED) is 0.779. The van der Waals surface area contributed by atoms with Crippen LogP contribution in [0.5, 0.6) is 0 Å². The first-order valence-corrected chi connectivity index (χ1v) is 4.65. The Morgan fingerprint density at radius 2 is 1.92 bits per heavy atom. The zero-order valence-electron chi connectivity index (χ0n) is 8.96. The van der Waals surface area contributed by atoms with E-state index in [0.717, 1.165) is 19.3 Å². The van der Waals surface area contributed by atoms with E-state index in [1.807, 2.05) is 13.8 Å². The van der Waals surface area contributed by atoms with E-state index in [9.17, 15) is 4.79 Å². The van der Waals surface area contributed by atoms with Gasteiger partial charge in [-0.15, -0.1) is 0 Å². The Bertz CT molecular complexity index is 157. The molecule has 0 saturated heterocycles. The maximum Gasteiger partial charge on any atom is 0.309 e. The fourth-order valence-electron chi connectivity index (χ4n) is 1.04. The molecule has 0 aromatic heterocycles. The molecule has 3 heteroatoms. The molecule has 0 rings (SSSR count). The second-order valence-electron chi connectivity index (χ2n) is 4.15. The smallest absolute Gasteiger partial charge is 0.309 e. The molecular weight excluding hydrogens is 204 g/mol. The summed E-state index contributed by atoms with van der Waals surface area (Å²) in [6.07, 6.45) is 2.50. The standard InChI is InChI=1S/C10H20O2.Cr/c1-5-10(4,9(11)12)7-6-8(2)3;/h8H,5-7H2,1-4H3,(H,11,12);. The van der Waals surface area contributed by atoms with Gasteiger partial charge in [0.25, 0.3) is 0 Å². The van der Waals surface area contributed by atoms with E-state index in [0.29, 0.717) is 5.92 Å². The van der Waals surface area contributed by atoms with E-state index in [4.69, 9.17) is 5.11 Å². The number of carboxylic acids is 1. The van der Waals surface area contributed by atoms with Crippen LogP contribution in [0.3, 0.4) is 0 Å². The van der Waals surface area contributed by atoms with Crippen LogP contribution in [0.4, 0.5) is 0 Å². The Balaban J connectivity index is 0. The Kier molecular flexibility index (Phi) is 7.68. The molecule has 0 aliphatic carbocycles. The number of carbonyl (C=O) groups is 1. The zero-order chi connectivity index (χ0) is 9.78. The fourth-order valence-corrected chi connectivity index (χ4v) is 1.04. The average molecular weight is 224 g/mol. The average Bonchev–Trinajstić information content (AvgIpc) is 1.99. The number of carboxylic acid groups (broad SMARTS) is 1. The SMILES string of the molecule is CCC(C)(CCC(C)C)C(=O)O.[Cr]. The van der Waals surface area contributed by atoms with Crippen molar-refractivity contribution in [2.75, 3.05) is 0 Å². The van der Waals surface area contributed by atoms with Crippen LogP contribution in [-0.2, 0) is 22.2 Å². The third-order valence-electron chi connectivity index (χ3n) is 2.57. The Morgan fingerprint density at radius 3 is 2.15 bits per heavy atom. The van der Waals surface area contributed by atoms with Crippen molar-refractivity contribution in [3.63, 3.8) is 0 Å². The van der Waals surface area contributed by atoms with Crippen LogP contribution in [0.1, 0.15) is 47.0 Å². The third-order valence-corrected chi connectivity index (χ3v) is 2.57. The molecule has 2 nitrogen and oxygen atoms in total. The third kappa shape index (κ3) is 5.34. The topological polar surface area (TPSA) is 37.3 Å². The molecule has 0 aliphatic heterocycles. The van der Waals surface area contributed by atoms with Gasteiger partial charge in [0.15, 0.2) is 0 Å². The summed E-state index contributed by atoms with van der Waals surface area (Å²) >= 11 is 0. The first-order chi connectivity index (χ1) is 5.42. The second kappa shape index (κ2) is 6.46. The first-order valence-electron chi connectivity index (χ1n) is 4.65. The summed E-state index contributed by atoms with van der Waals surface area (Å²) in [4.78, 5) is 10.9. The van der Waals surface area contributed by atoms with E-state index < -0.39 is 11.4 Å². The monoisotopic (exact) mass is 224 g/mol. The zero-order valence-corrected chi connectivity index (χ0v) is 10.2. The molecule has 78 valence electrons. The summed E-state index contributed by atoms with van der Waals surface area (Å²) in [6.45, 7) is 8.02. The number of hydrogen-bond donors (Lipinski definition) is 1. The van der Waals surface area contributed by atoms with E-state index in [2.05, 4.69) is 13.8 Å². The Hall–Kier alpha value is 0.00247. The molecule has 0 spiro atoms. The fraction of sp³-hybridized carbons (Fsp3) is 0.900. The summed E-state index contributed by atoms with van der Waals surface area (Å²) in [7, 11) is 0. The van der Waals surface area contributed by atoms with Gasteiger partial charge in [0, 0.05) is 17.4 Å². The maximum absolute atomic E-state index is 10.9. The summed E-state index contributed by atoms with van der Waals surface area (Å²) in [5, 5.41) is 8.95. The van der Waals surface area contributed by atoms with Gasteiger partial charge in [-0.05, 0) is 32.1 Å². The molecule has 0 heterocycles. The van der Waals surface area contributed by atoms with Crippen LogP contribution in [0.15, 0.2) is 0 Å². The molecule has 0 saturated carbocycles. The number of hydrogen-bond acceptors (Lipinski definition) is 1. The van der Waals surface area contributed by atoms with Gasteiger partial charge >= 0.3 is 5.97 Å². The van der Waals surface area contributed by atoms with Crippen LogP contribution >= 0.6 is 0 Å². The van der Waals surface area contributed by atoms with Crippen molar-refractivity contribution in [3.8, 4) is 0 Å². The Morgan fingerprint density at radius 1 is 1.46 bits per heavy atom. The van der Waals surface area contributed by atoms with Gasteiger partial charge in [0.1, 0.15) is 0 Å². The molecule has 0 aromatic rings. The van der Waals surface area contributed by atoms with Crippen molar-refractivity contribution >= 4 is 5.97 Å². The van der Waals surface area contributed by atoms with Crippen molar-refractivity contribution in [1.82, 2.24) is 0 Å². The second-order valence-corrected chi connectivity index (χ2v) is 4.15. The van der Waals surface area contributed by atoms with Crippen LogP contribution < -0.4 is 0 Å². The number of aliphatic carboxylic acids is 1. The minimum atomic E-state index is -0.661. The molecule has 1 unspecified atom stereocenters. The predicted molar refractivity (Wildman–Crippen MR) is 50.1 cm³/mol. The molecule has 1 N–H and O–H groups in total. The molecule has 0 aliphatic rings. The van der Waals surface area contributed by atoms with E-state index >= 15 is 0 Å². The van der Waals surface area contributed by atoms with Gasteiger partial charge in [-0.1, -0.05) is 20.8 Å². The Labute approximate surface area is 91.9 Å². The molecule has 0 bridgehead atoms. The van der Waals surface area contributed by atoms with Gasteiger partial charge in [0.05, 0.1) is 5.41 Å². The molecule has 0 fully saturated rings. The van der Waals surface area contributed by atoms with Gasteiger partial charge < -0.3 is 5.11 Å². The predicted octanol–water partition coefficient (Wildman–Crippen LogP) is 2.92. The normalized spacial score (nSPS) is 14.8. The molecule has 13 heavy (non-hydrogen) atoms. The molecule has 0 aromatic carbocycles. The van der Waals surface area contributed by atoms with Gasteiger partial charge in [-0.3, -0.25) is 4.79 Å². The molecule has 1 atom stereocenters. The van der Waals surface area contributed by atoms with Crippen molar-refractivity contribution in [2.24, 2.45) is 11.3 Å². The van der Waals surface area contributed by atoms with E-state index in [-0.39, 0.29) is 17.4 Å². The van der Waals surface area contributed by atoms with E-state index in [1.165, 1.54) is 0 Å². The molecule has 0 radical (unpaired) electrons. The van der Waals surface area contributed by atoms with Gasteiger partial charge in [0.2, 0.25) is 0 Å². The van der Waals surface area contributed by atoms with Crippen LogP contribution in [0.2, 0.25) is 0 Å². The first kappa shape index (κ1) is 15.5. The van der Waals surface area contributed by atoms with E-state index in [1.54, 1.807) is 0 Å². The van der Waals surface area contributed by atoms with Crippen LogP contribution in [-0.4, -0.2) is 11.1 Å². The van der Waals surface area contributed by atoms with Crippen LogP contribution in [0, 0.1) is 11.3 Å². The summed E-state index contributed by atoms with van der Waals surface area (Å²) in [5.41, 5.74) is -0.510. The number of rotatable bonds is 5. The maximum atomic E-state index is 10.9. The summed E-state index contributed by atoms with van der Waals surface area (Å²) < 4.78 is 0. The minimum absolute atomic E-state index is 0. The summed E-state index contributed by atoms with van der Waals surface area (Å²) in [5.74, 6) is -0.0686. The van der Waals surface area contributed by atoms with Crippen molar-refractivity contribution in [3.05, 3.63) is 0 Å². The van der Waals surface area contributed by atoms with Crippen molar-refractivity contribution in [1.29, 1.82) is 0 Å². The largest absolute Gasteiger partial charge is 0.481 e. The van der Waals surface area contributed by atoms with Gasteiger partial charge in [-0.25, -0.2) is 0 Å². The minimum Gasteiger partial charge on any atom is -0.481 e. The molecule has 0 amide bonds. The van der Waals surface area contributed by atoms with Crippen LogP contribution in [0.25, 0.3) is 0 Å². The summed E-state index contributed by atoms with van der Waals surface area (Å²) in [6, 6.07) is 0. The molecular formula is C10H20CrO2.